The highest BCUT2D eigenvalue weighted by Gasteiger charge is 2.16. The van der Waals surface area contributed by atoms with Gasteiger partial charge in [0, 0.05) is 28.6 Å². The highest BCUT2D eigenvalue weighted by Crippen LogP contribution is 2.40. The molecule has 0 saturated carbocycles. The third kappa shape index (κ3) is 5.08. The number of hydrogen-bond donors (Lipinski definition) is 0. The molecular formula is C45H30N2O. The monoisotopic (exact) mass is 614 g/mol. The summed E-state index contributed by atoms with van der Waals surface area (Å²) in [5.74, 6) is 0. The zero-order valence-electron chi connectivity index (χ0n) is 26.1. The van der Waals surface area contributed by atoms with E-state index in [2.05, 4.69) is 174 Å². The van der Waals surface area contributed by atoms with Gasteiger partial charge in [-0.05, 0) is 105 Å². The smallest absolute Gasteiger partial charge is 0.153 e. The molecule has 7 aromatic carbocycles. The molecular weight excluding hydrogens is 585 g/mol. The van der Waals surface area contributed by atoms with Crippen LogP contribution in [0.5, 0.6) is 0 Å². The average molecular weight is 615 g/mol. The lowest BCUT2D eigenvalue weighted by Gasteiger charge is -2.27. The molecule has 0 saturated heterocycles. The lowest BCUT2D eigenvalue weighted by Crippen LogP contribution is -2.10. The summed E-state index contributed by atoms with van der Waals surface area (Å²) in [4.78, 5) is 6.98. The number of furan rings is 1. The number of anilines is 3. The van der Waals surface area contributed by atoms with E-state index < -0.39 is 0 Å². The van der Waals surface area contributed by atoms with Crippen molar-refractivity contribution in [2.24, 2.45) is 0 Å². The molecule has 9 aromatic rings. The average Bonchev–Trinajstić information content (AvgIpc) is 3.52. The van der Waals surface area contributed by atoms with E-state index >= 15 is 0 Å². The first-order chi connectivity index (χ1) is 23.8. The summed E-state index contributed by atoms with van der Waals surface area (Å²) >= 11 is 0. The summed E-state index contributed by atoms with van der Waals surface area (Å²) in [6.07, 6.45) is 1.82. The van der Waals surface area contributed by atoms with Gasteiger partial charge >= 0.3 is 0 Å². The Morgan fingerprint density at radius 3 is 1.60 bits per heavy atom. The molecule has 9 rings (SSSR count). The summed E-state index contributed by atoms with van der Waals surface area (Å²) in [5.41, 5.74) is 12.9. The van der Waals surface area contributed by atoms with E-state index in [9.17, 15) is 0 Å². The maximum Gasteiger partial charge on any atom is 0.153 e. The van der Waals surface area contributed by atoms with Crippen LogP contribution in [0.4, 0.5) is 17.1 Å². The summed E-state index contributed by atoms with van der Waals surface area (Å²) in [6, 6.07) is 62.4. The maximum atomic E-state index is 6.15. The molecule has 2 aromatic heterocycles. The van der Waals surface area contributed by atoms with E-state index in [-0.39, 0.29) is 0 Å². The molecule has 48 heavy (non-hydrogen) atoms. The van der Waals surface area contributed by atoms with Crippen molar-refractivity contribution in [3.05, 3.63) is 182 Å². The normalized spacial score (nSPS) is 11.3. The number of aromatic nitrogens is 1. The summed E-state index contributed by atoms with van der Waals surface area (Å²) < 4.78 is 6.15. The Hall–Kier alpha value is -6.45. The van der Waals surface area contributed by atoms with Gasteiger partial charge in [0.15, 0.2) is 5.58 Å². The van der Waals surface area contributed by atoms with Gasteiger partial charge in [0.1, 0.15) is 11.1 Å². The van der Waals surface area contributed by atoms with Crippen molar-refractivity contribution < 1.29 is 4.42 Å². The Labute approximate surface area is 279 Å². The lowest BCUT2D eigenvalue weighted by molar-refractivity contribution is 0.668. The number of rotatable bonds is 6. The standard InChI is InChI=1S/C45H30N2O/c1-3-10-31(11-4-1)33-19-21-34(22-20-33)36-15-8-17-40(27-36)47(39-16-7-14-35(26-39)32-12-5-2-6-13-32)41-24-23-37-30-44-42(29-38(37)28-41)45-43(48-44)18-9-25-46-45/h1-30H. The third-order valence-corrected chi connectivity index (χ3v) is 9.07. The molecule has 0 atom stereocenters. The molecule has 0 spiro atoms. The van der Waals surface area contributed by atoms with E-state index in [0.29, 0.717) is 0 Å². The SMILES string of the molecule is c1ccc(-c2ccc(-c3cccc(N(c4cccc(-c5ccccc5)c4)c4ccc5cc6oc7cccnc7c6cc5c4)c3)cc2)cc1. The van der Waals surface area contributed by atoms with E-state index in [1.54, 1.807) is 0 Å². The van der Waals surface area contributed by atoms with Gasteiger partial charge in [-0.1, -0.05) is 115 Å². The van der Waals surface area contributed by atoms with Crippen molar-refractivity contribution in [3.63, 3.8) is 0 Å². The molecule has 3 heteroatoms. The van der Waals surface area contributed by atoms with Crippen LogP contribution in [0.15, 0.2) is 187 Å². The Morgan fingerprint density at radius 2 is 0.938 bits per heavy atom. The topological polar surface area (TPSA) is 29.3 Å². The van der Waals surface area contributed by atoms with Crippen molar-refractivity contribution >= 4 is 49.9 Å². The van der Waals surface area contributed by atoms with E-state index in [1.807, 2.05) is 18.3 Å². The molecule has 0 unspecified atom stereocenters. The van der Waals surface area contributed by atoms with Gasteiger partial charge in [0.2, 0.25) is 0 Å². The van der Waals surface area contributed by atoms with Crippen LogP contribution in [-0.4, -0.2) is 4.98 Å². The van der Waals surface area contributed by atoms with Gasteiger partial charge < -0.3 is 9.32 Å². The van der Waals surface area contributed by atoms with Crippen molar-refractivity contribution in [1.82, 2.24) is 4.98 Å². The fraction of sp³-hybridized carbons (Fsp3) is 0. The van der Waals surface area contributed by atoms with Crippen molar-refractivity contribution in [2.45, 2.75) is 0 Å². The fourth-order valence-electron chi connectivity index (χ4n) is 6.68. The molecule has 0 amide bonds. The van der Waals surface area contributed by atoms with Crippen LogP contribution in [0, 0.1) is 0 Å². The highest BCUT2D eigenvalue weighted by atomic mass is 16.3. The van der Waals surface area contributed by atoms with Crippen molar-refractivity contribution in [2.75, 3.05) is 4.90 Å². The van der Waals surface area contributed by atoms with Crippen LogP contribution in [0.2, 0.25) is 0 Å². The molecule has 0 radical (unpaired) electrons. The first-order valence-electron chi connectivity index (χ1n) is 16.2. The third-order valence-electron chi connectivity index (χ3n) is 9.07. The number of fused-ring (bicyclic) bond motifs is 4. The molecule has 0 fully saturated rings. The second kappa shape index (κ2) is 11.7. The van der Waals surface area contributed by atoms with Crippen LogP contribution in [0.25, 0.3) is 66.2 Å². The van der Waals surface area contributed by atoms with E-state index in [1.165, 1.54) is 27.8 Å². The second-order valence-corrected chi connectivity index (χ2v) is 12.1. The van der Waals surface area contributed by atoms with Crippen molar-refractivity contribution in [3.8, 4) is 33.4 Å². The minimum absolute atomic E-state index is 0.802. The van der Waals surface area contributed by atoms with E-state index in [4.69, 9.17) is 4.42 Å². The second-order valence-electron chi connectivity index (χ2n) is 12.1. The Bertz CT molecular complexity index is 2550. The molecule has 2 heterocycles. The van der Waals surface area contributed by atoms with Crippen LogP contribution >= 0.6 is 0 Å². The van der Waals surface area contributed by atoms with Gasteiger partial charge in [0.25, 0.3) is 0 Å². The molecule has 3 nitrogen and oxygen atoms in total. The molecule has 226 valence electrons. The van der Waals surface area contributed by atoms with Crippen LogP contribution in [0.1, 0.15) is 0 Å². The number of nitrogens with zero attached hydrogens (tertiary/aromatic N) is 2. The summed E-state index contributed by atoms with van der Waals surface area (Å²) in [7, 11) is 0. The minimum Gasteiger partial charge on any atom is -0.454 e. The van der Waals surface area contributed by atoms with Crippen molar-refractivity contribution in [1.29, 1.82) is 0 Å². The van der Waals surface area contributed by atoms with Gasteiger partial charge in [-0.3, -0.25) is 4.98 Å². The first kappa shape index (κ1) is 27.8. The Morgan fingerprint density at radius 1 is 0.375 bits per heavy atom. The van der Waals surface area contributed by atoms with Gasteiger partial charge in [-0.15, -0.1) is 0 Å². The Kier molecular flexibility index (Phi) is 6.80. The van der Waals surface area contributed by atoms with Crippen LogP contribution in [0.3, 0.4) is 0 Å². The van der Waals surface area contributed by atoms with Gasteiger partial charge in [-0.2, -0.15) is 0 Å². The minimum atomic E-state index is 0.802. The summed E-state index contributed by atoms with van der Waals surface area (Å²) in [5, 5.41) is 3.27. The first-order valence-corrected chi connectivity index (χ1v) is 16.2. The number of hydrogen-bond acceptors (Lipinski definition) is 3. The fourth-order valence-corrected chi connectivity index (χ4v) is 6.68. The zero-order valence-corrected chi connectivity index (χ0v) is 26.1. The largest absolute Gasteiger partial charge is 0.454 e. The molecule has 0 aliphatic rings. The molecule has 0 aliphatic carbocycles. The lowest BCUT2D eigenvalue weighted by atomic mass is 9.99. The predicted molar refractivity (Wildman–Crippen MR) is 200 cm³/mol. The zero-order chi connectivity index (χ0) is 31.9. The molecule has 0 aliphatic heterocycles. The highest BCUT2D eigenvalue weighted by molar-refractivity contribution is 6.09. The van der Waals surface area contributed by atoms with Gasteiger partial charge in [0.05, 0.1) is 0 Å². The summed E-state index contributed by atoms with van der Waals surface area (Å²) in [6.45, 7) is 0. The van der Waals surface area contributed by atoms with Gasteiger partial charge in [-0.25, -0.2) is 0 Å². The van der Waals surface area contributed by atoms with Crippen LogP contribution < -0.4 is 4.90 Å². The molecule has 0 bridgehead atoms. The van der Waals surface area contributed by atoms with E-state index in [0.717, 1.165) is 55.5 Å². The molecule has 0 N–H and O–H groups in total. The predicted octanol–water partition coefficient (Wildman–Crippen LogP) is 12.6. The maximum absolute atomic E-state index is 6.15. The number of benzene rings is 7. The van der Waals surface area contributed by atoms with Crippen LogP contribution in [-0.2, 0) is 0 Å². The quantitative estimate of drug-likeness (QED) is 0.187. The number of pyridine rings is 1. The Balaban J connectivity index is 1.18.